The van der Waals surface area contributed by atoms with Gasteiger partial charge in [-0.25, -0.2) is 0 Å². The summed E-state index contributed by atoms with van der Waals surface area (Å²) in [6.07, 6.45) is 0. The Morgan fingerprint density at radius 2 is 0.620 bits per heavy atom. The van der Waals surface area contributed by atoms with Gasteiger partial charge >= 0.3 is 0 Å². The van der Waals surface area contributed by atoms with Crippen LogP contribution in [0, 0.1) is 0 Å². The van der Waals surface area contributed by atoms with Crippen molar-refractivity contribution in [2.45, 2.75) is 0 Å². The van der Waals surface area contributed by atoms with Crippen LogP contribution in [-0.4, -0.2) is 0 Å². The summed E-state index contributed by atoms with van der Waals surface area (Å²) in [5.74, 6) is 0. The van der Waals surface area contributed by atoms with E-state index in [1.165, 1.54) is 98.4 Å². The smallest absolute Gasteiger partial charge is 0.00992 e. The zero-order chi connectivity index (χ0) is 33.0. The van der Waals surface area contributed by atoms with Gasteiger partial charge < -0.3 is 0 Å². The Labute approximate surface area is 291 Å². The third-order valence-electron chi connectivity index (χ3n) is 10.4. The molecule has 0 aliphatic carbocycles. The van der Waals surface area contributed by atoms with E-state index in [4.69, 9.17) is 0 Å². The van der Waals surface area contributed by atoms with E-state index in [-0.39, 0.29) is 0 Å². The molecule has 0 heterocycles. The van der Waals surface area contributed by atoms with Crippen molar-refractivity contribution < 1.29 is 0 Å². The first-order valence-corrected chi connectivity index (χ1v) is 17.3. The van der Waals surface area contributed by atoms with E-state index in [0.29, 0.717) is 0 Å². The molecule has 0 N–H and O–H groups in total. The van der Waals surface area contributed by atoms with Crippen LogP contribution in [0.5, 0.6) is 0 Å². The zero-order valence-corrected chi connectivity index (χ0v) is 27.5. The second-order valence-corrected chi connectivity index (χ2v) is 13.3. The molecule has 10 aromatic carbocycles. The van der Waals surface area contributed by atoms with E-state index >= 15 is 0 Å². The molecule has 0 aliphatic heterocycles. The van der Waals surface area contributed by atoms with Crippen LogP contribution in [-0.2, 0) is 0 Å². The SMILES string of the molecule is c1cc(-c2ccc3c(ccc4cc(-c5ccc(-c6ccc7ccccc7c6)c6ccccc56)ccc43)c2)cc(-c2cccc3ccccc23)c1. The van der Waals surface area contributed by atoms with Gasteiger partial charge in [0.1, 0.15) is 0 Å². The Hall–Kier alpha value is -6.50. The molecule has 232 valence electrons. The molecule has 0 saturated carbocycles. The quantitative estimate of drug-likeness (QED) is 0.169. The molecule has 0 nitrogen and oxygen atoms in total. The van der Waals surface area contributed by atoms with Crippen molar-refractivity contribution in [2.24, 2.45) is 0 Å². The van der Waals surface area contributed by atoms with Gasteiger partial charge in [0, 0.05) is 0 Å². The number of fused-ring (bicyclic) bond motifs is 6. The lowest BCUT2D eigenvalue weighted by Gasteiger charge is -2.14. The van der Waals surface area contributed by atoms with Gasteiger partial charge in [-0.2, -0.15) is 0 Å². The average Bonchev–Trinajstić information content (AvgIpc) is 3.19. The average molecular weight is 633 g/mol. The normalized spacial score (nSPS) is 11.6. The molecule has 0 fully saturated rings. The van der Waals surface area contributed by atoms with Crippen molar-refractivity contribution in [1.29, 1.82) is 0 Å². The third kappa shape index (κ3) is 4.77. The van der Waals surface area contributed by atoms with Gasteiger partial charge in [0.15, 0.2) is 0 Å². The van der Waals surface area contributed by atoms with Gasteiger partial charge in [0.05, 0.1) is 0 Å². The first-order valence-electron chi connectivity index (χ1n) is 17.3. The van der Waals surface area contributed by atoms with Crippen molar-refractivity contribution in [1.82, 2.24) is 0 Å². The summed E-state index contributed by atoms with van der Waals surface area (Å²) in [5.41, 5.74) is 9.97. The summed E-state index contributed by atoms with van der Waals surface area (Å²) < 4.78 is 0. The molecule has 0 spiro atoms. The summed E-state index contributed by atoms with van der Waals surface area (Å²) in [7, 11) is 0. The number of hydrogen-bond acceptors (Lipinski definition) is 0. The maximum Gasteiger partial charge on any atom is -0.00992 e. The molecule has 10 rings (SSSR count). The fraction of sp³-hybridized carbons (Fsp3) is 0. The molecule has 0 atom stereocenters. The van der Waals surface area contributed by atoms with E-state index in [1.807, 2.05) is 0 Å². The maximum atomic E-state index is 2.35. The molecular weight excluding hydrogens is 601 g/mol. The summed E-state index contributed by atoms with van der Waals surface area (Å²) in [5, 5.41) is 12.7. The Morgan fingerprint density at radius 1 is 0.180 bits per heavy atom. The minimum absolute atomic E-state index is 1.23. The lowest BCUT2D eigenvalue weighted by molar-refractivity contribution is 1.62. The number of rotatable bonds is 4. The number of benzene rings is 10. The minimum Gasteiger partial charge on any atom is -0.0616 e. The molecule has 0 bridgehead atoms. The Morgan fingerprint density at radius 3 is 1.36 bits per heavy atom. The van der Waals surface area contributed by atoms with Crippen molar-refractivity contribution in [2.75, 3.05) is 0 Å². The van der Waals surface area contributed by atoms with Crippen LogP contribution in [0.4, 0.5) is 0 Å². The molecule has 10 aromatic rings. The molecule has 0 aromatic heterocycles. The van der Waals surface area contributed by atoms with Crippen LogP contribution in [0.1, 0.15) is 0 Å². The van der Waals surface area contributed by atoms with Crippen LogP contribution in [0.25, 0.3) is 98.4 Å². The van der Waals surface area contributed by atoms with E-state index < -0.39 is 0 Å². The van der Waals surface area contributed by atoms with E-state index in [0.717, 1.165) is 0 Å². The largest absolute Gasteiger partial charge is 0.0616 e. The standard InChI is InChI=1S/C50H32/c1-2-11-35-29-40(20-19-33(35)9-1)47-27-28-48(50-17-6-5-16-49(47)50)42-24-26-46-41(32-42)22-21-39-31-37(23-25-45(39)46)36-13-7-14-38(30-36)44-18-8-12-34-10-3-4-15-43(34)44/h1-32H. The summed E-state index contributed by atoms with van der Waals surface area (Å²) in [6.45, 7) is 0. The van der Waals surface area contributed by atoms with Gasteiger partial charge in [-0.05, 0) is 123 Å². The zero-order valence-electron chi connectivity index (χ0n) is 27.5. The molecule has 0 saturated heterocycles. The lowest BCUT2D eigenvalue weighted by atomic mass is 9.90. The van der Waals surface area contributed by atoms with Crippen LogP contribution < -0.4 is 0 Å². The molecule has 0 heteroatoms. The molecule has 0 unspecified atom stereocenters. The minimum atomic E-state index is 1.23. The highest BCUT2D eigenvalue weighted by Gasteiger charge is 2.12. The molecular formula is C50H32. The molecule has 50 heavy (non-hydrogen) atoms. The maximum absolute atomic E-state index is 2.35. The van der Waals surface area contributed by atoms with Gasteiger partial charge in [-0.15, -0.1) is 0 Å². The Balaban J connectivity index is 1.02. The van der Waals surface area contributed by atoms with Gasteiger partial charge in [0.2, 0.25) is 0 Å². The van der Waals surface area contributed by atoms with Crippen molar-refractivity contribution in [3.8, 4) is 44.5 Å². The Kier molecular flexibility index (Phi) is 6.60. The van der Waals surface area contributed by atoms with E-state index in [2.05, 4.69) is 194 Å². The highest BCUT2D eigenvalue weighted by molar-refractivity contribution is 6.11. The summed E-state index contributed by atoms with van der Waals surface area (Å²) >= 11 is 0. The second-order valence-electron chi connectivity index (χ2n) is 13.3. The monoisotopic (exact) mass is 632 g/mol. The number of hydrogen-bond donors (Lipinski definition) is 0. The van der Waals surface area contributed by atoms with Crippen molar-refractivity contribution in [3.63, 3.8) is 0 Å². The first-order chi connectivity index (χ1) is 24.8. The lowest BCUT2D eigenvalue weighted by Crippen LogP contribution is -1.87. The highest BCUT2D eigenvalue weighted by Crippen LogP contribution is 2.39. The van der Waals surface area contributed by atoms with Crippen molar-refractivity contribution in [3.05, 3.63) is 194 Å². The van der Waals surface area contributed by atoms with Gasteiger partial charge in [0.25, 0.3) is 0 Å². The fourth-order valence-corrected chi connectivity index (χ4v) is 7.92. The first kappa shape index (κ1) is 28.5. The van der Waals surface area contributed by atoms with Gasteiger partial charge in [-0.3, -0.25) is 0 Å². The van der Waals surface area contributed by atoms with Crippen LogP contribution in [0.3, 0.4) is 0 Å². The predicted molar refractivity (Wildman–Crippen MR) is 216 cm³/mol. The Bertz CT molecular complexity index is 2920. The molecule has 0 amide bonds. The molecule has 0 radical (unpaired) electrons. The molecule has 0 aliphatic rings. The highest BCUT2D eigenvalue weighted by atomic mass is 14.2. The second kappa shape index (κ2) is 11.6. The van der Waals surface area contributed by atoms with Crippen molar-refractivity contribution >= 4 is 53.9 Å². The van der Waals surface area contributed by atoms with Crippen LogP contribution >= 0.6 is 0 Å². The topological polar surface area (TPSA) is 0 Å². The van der Waals surface area contributed by atoms with Crippen LogP contribution in [0.2, 0.25) is 0 Å². The summed E-state index contributed by atoms with van der Waals surface area (Å²) in [4.78, 5) is 0. The van der Waals surface area contributed by atoms with E-state index in [1.54, 1.807) is 0 Å². The predicted octanol–water partition coefficient (Wildman–Crippen LogP) is 14.1. The summed E-state index contributed by atoms with van der Waals surface area (Å²) in [6, 6.07) is 71.3. The van der Waals surface area contributed by atoms with Gasteiger partial charge in [-0.1, -0.05) is 170 Å². The van der Waals surface area contributed by atoms with E-state index in [9.17, 15) is 0 Å². The van der Waals surface area contributed by atoms with Crippen LogP contribution in [0.15, 0.2) is 194 Å². The third-order valence-corrected chi connectivity index (χ3v) is 10.4. The fourth-order valence-electron chi connectivity index (χ4n) is 7.92.